The molecule has 1 aliphatic carbocycles. The number of fused-ring (bicyclic) bond motifs is 1. The topological polar surface area (TPSA) is 76.7 Å². The van der Waals surface area contributed by atoms with Gasteiger partial charge in [-0.2, -0.15) is 0 Å². The Morgan fingerprint density at radius 3 is 2.43 bits per heavy atom. The number of benzene rings is 1. The lowest BCUT2D eigenvalue weighted by Gasteiger charge is -2.25. The van der Waals surface area contributed by atoms with Crippen LogP contribution in [0, 0.1) is 5.92 Å². The number of rotatable bonds is 2. The number of hydrazine groups is 1. The molecule has 1 saturated carbocycles. The van der Waals surface area contributed by atoms with Crippen molar-refractivity contribution in [3.8, 4) is 11.5 Å². The van der Waals surface area contributed by atoms with Gasteiger partial charge in [0.1, 0.15) is 6.61 Å². The monoisotopic (exact) mass is 290 g/mol. The van der Waals surface area contributed by atoms with Crippen LogP contribution < -0.4 is 20.3 Å². The highest BCUT2D eigenvalue weighted by molar-refractivity contribution is 5.86. The summed E-state index contributed by atoms with van der Waals surface area (Å²) in [5, 5.41) is 0. The molecule has 1 aromatic carbocycles. The molecule has 1 heterocycles. The van der Waals surface area contributed by atoms with E-state index in [2.05, 4.69) is 10.9 Å². The fourth-order valence-electron chi connectivity index (χ4n) is 2.64. The van der Waals surface area contributed by atoms with E-state index in [9.17, 15) is 9.59 Å². The maximum absolute atomic E-state index is 12.0. The van der Waals surface area contributed by atoms with Crippen molar-refractivity contribution in [3.05, 3.63) is 24.3 Å². The predicted octanol–water partition coefficient (Wildman–Crippen LogP) is 1.16. The maximum atomic E-state index is 12.0. The zero-order valence-electron chi connectivity index (χ0n) is 11.6. The van der Waals surface area contributed by atoms with Crippen LogP contribution in [-0.2, 0) is 9.59 Å². The second kappa shape index (κ2) is 6.03. The molecule has 2 N–H and O–H groups in total. The second-order valence-electron chi connectivity index (χ2n) is 5.32. The van der Waals surface area contributed by atoms with Gasteiger partial charge in [-0.3, -0.25) is 20.4 Å². The number of hydrogen-bond donors (Lipinski definition) is 2. The Labute approximate surface area is 122 Å². The van der Waals surface area contributed by atoms with E-state index in [4.69, 9.17) is 9.47 Å². The average molecular weight is 290 g/mol. The van der Waals surface area contributed by atoms with Crippen molar-refractivity contribution in [2.45, 2.75) is 31.8 Å². The van der Waals surface area contributed by atoms with E-state index in [-0.39, 0.29) is 18.4 Å². The van der Waals surface area contributed by atoms with Crippen molar-refractivity contribution in [1.29, 1.82) is 0 Å². The number of carbonyl (C=O) groups excluding carboxylic acids is 2. The van der Waals surface area contributed by atoms with E-state index in [0.717, 1.165) is 25.7 Å². The number of nitrogens with one attached hydrogen (secondary N) is 2. The molecule has 0 bridgehead atoms. The summed E-state index contributed by atoms with van der Waals surface area (Å²) in [6.07, 6.45) is 3.16. The molecule has 0 aromatic heterocycles. The Kier molecular flexibility index (Phi) is 3.94. The first-order chi connectivity index (χ1) is 10.2. The van der Waals surface area contributed by atoms with Gasteiger partial charge in [0.25, 0.3) is 5.91 Å². The minimum atomic E-state index is -0.760. The van der Waals surface area contributed by atoms with Gasteiger partial charge in [0.2, 0.25) is 12.0 Å². The van der Waals surface area contributed by atoms with Gasteiger partial charge in [-0.1, -0.05) is 25.0 Å². The van der Waals surface area contributed by atoms with E-state index < -0.39 is 12.0 Å². The lowest BCUT2D eigenvalue weighted by atomic mass is 10.1. The Morgan fingerprint density at radius 2 is 1.67 bits per heavy atom. The molecule has 1 aliphatic heterocycles. The molecule has 2 aliphatic rings. The molecule has 1 fully saturated rings. The fraction of sp³-hybridized carbons (Fsp3) is 0.467. The van der Waals surface area contributed by atoms with Crippen LogP contribution in [0.4, 0.5) is 0 Å². The third kappa shape index (κ3) is 3.09. The van der Waals surface area contributed by atoms with Crippen LogP contribution in [0.1, 0.15) is 25.7 Å². The highest BCUT2D eigenvalue weighted by Crippen LogP contribution is 2.30. The number of carbonyl (C=O) groups is 2. The van der Waals surface area contributed by atoms with Gasteiger partial charge in [-0.15, -0.1) is 0 Å². The molecule has 1 unspecified atom stereocenters. The summed E-state index contributed by atoms with van der Waals surface area (Å²) in [4.78, 5) is 23.8. The van der Waals surface area contributed by atoms with Gasteiger partial charge in [0.05, 0.1) is 0 Å². The van der Waals surface area contributed by atoms with Gasteiger partial charge < -0.3 is 9.47 Å². The van der Waals surface area contributed by atoms with Crippen LogP contribution >= 0.6 is 0 Å². The summed E-state index contributed by atoms with van der Waals surface area (Å²) >= 11 is 0. The minimum absolute atomic E-state index is 0.00884. The third-order valence-electron chi connectivity index (χ3n) is 3.84. The first-order valence-electron chi connectivity index (χ1n) is 7.22. The van der Waals surface area contributed by atoms with Crippen LogP contribution in [0.5, 0.6) is 11.5 Å². The molecule has 0 saturated heterocycles. The molecule has 2 amide bonds. The second-order valence-corrected chi connectivity index (χ2v) is 5.32. The maximum Gasteiger partial charge on any atom is 0.283 e. The van der Waals surface area contributed by atoms with Crippen LogP contribution in [0.3, 0.4) is 0 Å². The van der Waals surface area contributed by atoms with Crippen molar-refractivity contribution in [3.63, 3.8) is 0 Å². The van der Waals surface area contributed by atoms with Crippen molar-refractivity contribution < 1.29 is 19.1 Å². The number of hydrogen-bond acceptors (Lipinski definition) is 4. The molecular weight excluding hydrogens is 272 g/mol. The lowest BCUT2D eigenvalue weighted by Crippen LogP contribution is -2.51. The van der Waals surface area contributed by atoms with Crippen LogP contribution in [-0.4, -0.2) is 24.5 Å². The average Bonchev–Trinajstić information content (AvgIpc) is 3.06. The molecule has 1 aromatic rings. The predicted molar refractivity (Wildman–Crippen MR) is 74.6 cm³/mol. The molecule has 0 spiro atoms. The molecule has 1 atom stereocenters. The van der Waals surface area contributed by atoms with Gasteiger partial charge >= 0.3 is 0 Å². The SMILES string of the molecule is O=C(NNC(=O)C1COc2ccccc2O1)C1CCCC1. The standard InChI is InChI=1S/C15H18N2O4/c18-14(10-5-1-2-6-10)16-17-15(19)13-9-20-11-7-3-4-8-12(11)21-13/h3-4,7-8,10,13H,1-2,5-6,9H2,(H,16,18)(H,17,19). The van der Waals surface area contributed by atoms with Crippen LogP contribution in [0.2, 0.25) is 0 Å². The number of ether oxygens (including phenoxy) is 2. The van der Waals surface area contributed by atoms with E-state index in [0.29, 0.717) is 11.5 Å². The van der Waals surface area contributed by atoms with Crippen LogP contribution in [0.25, 0.3) is 0 Å². The van der Waals surface area contributed by atoms with Gasteiger partial charge in [-0.25, -0.2) is 0 Å². The number of para-hydroxylation sites is 2. The minimum Gasteiger partial charge on any atom is -0.485 e. The smallest absolute Gasteiger partial charge is 0.283 e. The molecule has 6 nitrogen and oxygen atoms in total. The zero-order valence-corrected chi connectivity index (χ0v) is 11.6. The Morgan fingerprint density at radius 1 is 1.00 bits per heavy atom. The van der Waals surface area contributed by atoms with Crippen molar-refractivity contribution in [2.75, 3.05) is 6.61 Å². The van der Waals surface area contributed by atoms with Crippen molar-refractivity contribution >= 4 is 11.8 Å². The molecule has 112 valence electrons. The summed E-state index contributed by atoms with van der Waals surface area (Å²) < 4.78 is 11.0. The highest BCUT2D eigenvalue weighted by atomic mass is 16.6. The summed E-state index contributed by atoms with van der Waals surface area (Å²) in [6, 6.07) is 7.17. The summed E-state index contributed by atoms with van der Waals surface area (Å²) in [5.74, 6) is 0.630. The van der Waals surface area contributed by atoms with Crippen molar-refractivity contribution in [2.24, 2.45) is 5.92 Å². The Hall–Kier alpha value is -2.24. The molecule has 3 rings (SSSR count). The first-order valence-corrected chi connectivity index (χ1v) is 7.22. The molecular formula is C15H18N2O4. The van der Waals surface area contributed by atoms with Crippen LogP contribution in [0.15, 0.2) is 24.3 Å². The van der Waals surface area contributed by atoms with E-state index in [1.165, 1.54) is 0 Å². The normalized spacial score (nSPS) is 20.9. The largest absolute Gasteiger partial charge is 0.485 e. The van der Waals surface area contributed by atoms with Gasteiger partial charge in [0.15, 0.2) is 11.5 Å². The molecule has 6 heteroatoms. The summed E-state index contributed by atoms with van der Waals surface area (Å²) in [5.41, 5.74) is 4.89. The van der Waals surface area contributed by atoms with Crippen molar-refractivity contribution in [1.82, 2.24) is 10.9 Å². The Balaban J connectivity index is 1.51. The highest BCUT2D eigenvalue weighted by Gasteiger charge is 2.28. The Bertz CT molecular complexity index is 540. The fourth-order valence-corrected chi connectivity index (χ4v) is 2.64. The molecule has 21 heavy (non-hydrogen) atoms. The van der Waals surface area contributed by atoms with Gasteiger partial charge in [-0.05, 0) is 25.0 Å². The quantitative estimate of drug-likeness (QED) is 0.801. The van der Waals surface area contributed by atoms with E-state index in [1.807, 2.05) is 12.1 Å². The third-order valence-corrected chi connectivity index (χ3v) is 3.84. The number of amides is 2. The van der Waals surface area contributed by atoms with E-state index in [1.54, 1.807) is 12.1 Å². The zero-order chi connectivity index (χ0) is 14.7. The summed E-state index contributed by atoms with van der Waals surface area (Å²) in [7, 11) is 0. The van der Waals surface area contributed by atoms with E-state index >= 15 is 0 Å². The summed E-state index contributed by atoms with van der Waals surface area (Å²) in [6.45, 7) is 0.127. The molecule has 0 radical (unpaired) electrons. The first kappa shape index (κ1) is 13.7. The van der Waals surface area contributed by atoms with Gasteiger partial charge in [0, 0.05) is 5.92 Å². The lowest BCUT2D eigenvalue weighted by molar-refractivity contribution is -0.136.